The summed E-state index contributed by atoms with van der Waals surface area (Å²) in [6.07, 6.45) is 6.30. The van der Waals surface area contributed by atoms with E-state index in [1.54, 1.807) is 25.0 Å². The number of rotatable bonds is 0. The summed E-state index contributed by atoms with van der Waals surface area (Å²) in [4.78, 5) is 46.4. The Labute approximate surface area is 151 Å². The average Bonchev–Trinajstić information content (AvgIpc) is 2.42. The largest absolute Gasteiger partial charge is 0.301 e. The second-order valence-corrected chi connectivity index (χ2v) is 13.4. The minimum absolute atomic E-state index is 0.407. The second-order valence-electron chi connectivity index (χ2n) is 4.40. The summed E-state index contributed by atoms with van der Waals surface area (Å²) in [6, 6.07) is 0. The lowest BCUT2D eigenvalue weighted by Crippen LogP contribution is -2.33. The standard InChI is InChI=1S/C8H18N4O4S6/c1-21(2,7(15)9-17)11-5(13)19-20-6(14)12-22(3,4)8(16)10-18/h17-18H,1-4H3,(H,9,15)(H,10,16)(H,11,13)(H,12,14). The van der Waals surface area contributed by atoms with Crippen LogP contribution >= 0.6 is 67.6 Å². The van der Waals surface area contributed by atoms with E-state index in [1.165, 1.54) is 0 Å². The summed E-state index contributed by atoms with van der Waals surface area (Å²) in [7, 11) is -2.88. The highest BCUT2D eigenvalue weighted by atomic mass is 33.1. The number of carbonyl (C=O) groups is 4. The van der Waals surface area contributed by atoms with Crippen LogP contribution in [0.2, 0.25) is 0 Å². The fourth-order valence-corrected chi connectivity index (χ4v) is 6.43. The fraction of sp³-hybridized carbons (Fsp3) is 0.500. The first kappa shape index (κ1) is 22.0. The van der Waals surface area contributed by atoms with Gasteiger partial charge in [-0.25, -0.2) is 0 Å². The Morgan fingerprint density at radius 3 is 1.23 bits per heavy atom. The molecule has 14 heteroatoms. The Morgan fingerprint density at radius 2 is 1.00 bits per heavy atom. The van der Waals surface area contributed by atoms with Gasteiger partial charge in [0.05, 0.1) is 0 Å². The molecule has 0 heterocycles. The van der Waals surface area contributed by atoms with Gasteiger partial charge in [-0.2, -0.15) is 0 Å². The molecule has 0 radical (unpaired) electrons. The molecule has 0 aliphatic rings. The third kappa shape index (κ3) is 7.50. The summed E-state index contributed by atoms with van der Waals surface area (Å²) < 4.78 is 9.36. The maximum absolute atomic E-state index is 11.7. The van der Waals surface area contributed by atoms with Crippen molar-refractivity contribution in [2.24, 2.45) is 0 Å². The molecule has 0 aromatic heterocycles. The smallest absolute Gasteiger partial charge is 0.299 e. The van der Waals surface area contributed by atoms with Gasteiger partial charge in [0.25, 0.3) is 21.0 Å². The zero-order chi connectivity index (χ0) is 17.6. The molecule has 0 spiro atoms. The Balaban J connectivity index is 4.40. The van der Waals surface area contributed by atoms with Crippen LogP contribution in [0.1, 0.15) is 0 Å². The van der Waals surface area contributed by atoms with E-state index in [4.69, 9.17) is 0 Å². The molecular formula is C8H18N4O4S6. The number of hydrogen-bond acceptors (Lipinski definition) is 8. The number of carbonyl (C=O) groups excluding carboxylic acids is 4. The normalized spacial score (nSPS) is 12.8. The van der Waals surface area contributed by atoms with Gasteiger partial charge in [0, 0.05) is 21.6 Å². The summed E-state index contributed by atoms with van der Waals surface area (Å²) >= 11 is 7.29. The van der Waals surface area contributed by atoms with Gasteiger partial charge in [-0.1, -0.05) is 46.1 Å². The highest BCUT2D eigenvalue weighted by Crippen LogP contribution is 2.40. The molecule has 0 rings (SSSR count). The third-order valence-electron chi connectivity index (χ3n) is 1.98. The summed E-state index contributed by atoms with van der Waals surface area (Å²) in [5.74, 6) is 0. The van der Waals surface area contributed by atoms with Crippen molar-refractivity contribution >= 4 is 88.6 Å². The highest BCUT2D eigenvalue weighted by Gasteiger charge is 2.26. The van der Waals surface area contributed by atoms with Gasteiger partial charge in [-0.15, -0.1) is 0 Å². The van der Waals surface area contributed by atoms with Gasteiger partial charge in [-0.05, 0) is 25.0 Å². The third-order valence-corrected chi connectivity index (χ3v) is 8.14. The SMILES string of the molecule is CS(C)(NC(=O)SSC(=O)NS(C)(C)C(=O)NS)C(=O)NS. The molecule has 0 atom stereocenters. The molecule has 0 aromatic carbocycles. The van der Waals surface area contributed by atoms with Crippen LogP contribution in [0.5, 0.6) is 0 Å². The molecule has 4 N–H and O–H groups in total. The molecular weight excluding hydrogens is 409 g/mol. The van der Waals surface area contributed by atoms with Crippen molar-refractivity contribution < 1.29 is 19.2 Å². The molecule has 0 aromatic rings. The minimum Gasteiger partial charge on any atom is -0.301 e. The first-order valence-corrected chi connectivity index (χ1v) is 13.2. The molecule has 0 fully saturated rings. The molecule has 0 bridgehead atoms. The van der Waals surface area contributed by atoms with E-state index in [0.29, 0.717) is 21.6 Å². The molecule has 22 heavy (non-hydrogen) atoms. The monoisotopic (exact) mass is 426 g/mol. The van der Waals surface area contributed by atoms with Gasteiger partial charge in [-0.3, -0.25) is 28.6 Å². The second kappa shape index (κ2) is 9.32. The van der Waals surface area contributed by atoms with Gasteiger partial charge in [0.1, 0.15) is 0 Å². The Hall–Kier alpha value is -0.0200. The predicted octanol–water partition coefficient (Wildman–Crippen LogP) is 2.85. The zero-order valence-electron chi connectivity index (χ0n) is 12.2. The molecule has 0 aliphatic heterocycles. The molecule has 130 valence electrons. The van der Waals surface area contributed by atoms with Gasteiger partial charge in [0.2, 0.25) is 0 Å². The zero-order valence-corrected chi connectivity index (χ0v) is 17.2. The Morgan fingerprint density at radius 1 is 0.727 bits per heavy atom. The predicted molar refractivity (Wildman–Crippen MR) is 106 cm³/mol. The summed E-state index contributed by atoms with van der Waals surface area (Å²) in [5.41, 5.74) is 0. The van der Waals surface area contributed by atoms with Crippen LogP contribution in [0.3, 0.4) is 0 Å². The molecule has 0 unspecified atom stereocenters. The van der Waals surface area contributed by atoms with Crippen molar-refractivity contribution in [2.75, 3.05) is 25.0 Å². The van der Waals surface area contributed by atoms with Crippen LogP contribution in [-0.4, -0.2) is 46.0 Å². The first-order valence-electron chi connectivity index (χ1n) is 5.29. The van der Waals surface area contributed by atoms with Crippen LogP contribution in [0.15, 0.2) is 0 Å². The Kier molecular flexibility index (Phi) is 9.31. The molecule has 8 nitrogen and oxygen atoms in total. The van der Waals surface area contributed by atoms with Crippen LogP contribution in [0.25, 0.3) is 0 Å². The van der Waals surface area contributed by atoms with E-state index < -0.39 is 41.4 Å². The molecule has 0 aliphatic carbocycles. The van der Waals surface area contributed by atoms with Crippen molar-refractivity contribution in [1.82, 2.24) is 18.9 Å². The average molecular weight is 427 g/mol. The number of nitrogens with one attached hydrogen (secondary N) is 4. The van der Waals surface area contributed by atoms with Gasteiger partial charge < -0.3 is 9.44 Å². The van der Waals surface area contributed by atoms with Crippen molar-refractivity contribution in [1.29, 1.82) is 0 Å². The van der Waals surface area contributed by atoms with E-state index in [2.05, 4.69) is 44.5 Å². The number of amides is 4. The quantitative estimate of drug-likeness (QED) is 0.262. The van der Waals surface area contributed by atoms with Crippen molar-refractivity contribution in [3.63, 3.8) is 0 Å². The van der Waals surface area contributed by atoms with Crippen LogP contribution < -0.4 is 18.9 Å². The molecule has 0 saturated heterocycles. The molecule has 4 amide bonds. The topological polar surface area (TPSA) is 116 Å². The highest BCUT2D eigenvalue weighted by molar-refractivity contribution is 8.87. The number of thiol groups is 2. The van der Waals surface area contributed by atoms with E-state index in [9.17, 15) is 19.2 Å². The first-order chi connectivity index (χ1) is 9.96. The fourth-order valence-electron chi connectivity index (χ4n) is 0.847. The van der Waals surface area contributed by atoms with Gasteiger partial charge >= 0.3 is 0 Å². The maximum atomic E-state index is 11.7. The number of hydrogen-bond donors (Lipinski definition) is 6. The summed E-state index contributed by atoms with van der Waals surface area (Å²) in [5, 5.41) is -1.89. The lowest BCUT2D eigenvalue weighted by atomic mass is 11.4. The lowest BCUT2D eigenvalue weighted by Gasteiger charge is -2.29. The van der Waals surface area contributed by atoms with Gasteiger partial charge in [0.15, 0.2) is 0 Å². The van der Waals surface area contributed by atoms with Crippen LogP contribution in [0.4, 0.5) is 19.2 Å². The van der Waals surface area contributed by atoms with E-state index in [-0.39, 0.29) is 0 Å². The van der Waals surface area contributed by atoms with E-state index in [0.717, 1.165) is 0 Å². The van der Waals surface area contributed by atoms with Crippen LogP contribution in [-0.2, 0) is 0 Å². The summed E-state index contributed by atoms with van der Waals surface area (Å²) in [6.45, 7) is 0. The van der Waals surface area contributed by atoms with Crippen molar-refractivity contribution in [3.8, 4) is 0 Å². The molecule has 0 saturated carbocycles. The van der Waals surface area contributed by atoms with Crippen molar-refractivity contribution in [2.45, 2.75) is 0 Å². The Bertz CT molecular complexity index is 430. The van der Waals surface area contributed by atoms with E-state index in [1.807, 2.05) is 0 Å². The minimum atomic E-state index is -2.07. The van der Waals surface area contributed by atoms with E-state index >= 15 is 0 Å². The van der Waals surface area contributed by atoms with Crippen LogP contribution in [0, 0.1) is 0 Å². The lowest BCUT2D eigenvalue weighted by molar-refractivity contribution is 0.261. The maximum Gasteiger partial charge on any atom is 0.299 e. The van der Waals surface area contributed by atoms with Crippen molar-refractivity contribution in [3.05, 3.63) is 0 Å².